The molecule has 296 valence electrons. The Morgan fingerprint density at radius 1 is 0.786 bits per heavy atom. The van der Waals surface area contributed by atoms with Crippen molar-refractivity contribution in [2.24, 2.45) is 21.8 Å². The number of nitrogens with zero attached hydrogens (tertiary/aromatic N) is 7. The number of likely N-dealkylation sites (tertiary alicyclic amines) is 2. The number of rotatable bonds is 13. The number of hydrogen-bond acceptors (Lipinski definition) is 10. The Labute approximate surface area is 328 Å². The third kappa shape index (κ3) is 8.20. The van der Waals surface area contributed by atoms with Crippen LogP contribution < -0.4 is 5.32 Å². The highest BCUT2D eigenvalue weighted by atomic mass is 17.2. The zero-order valence-corrected chi connectivity index (χ0v) is 33.2. The van der Waals surface area contributed by atoms with Crippen molar-refractivity contribution in [3.8, 4) is 33.6 Å². The topological polar surface area (TPSA) is 156 Å². The number of imidazole rings is 2. The number of guanidine groups is 1. The first kappa shape index (κ1) is 38.8. The van der Waals surface area contributed by atoms with Crippen LogP contribution in [0.25, 0.3) is 33.6 Å². The number of amides is 2. The summed E-state index contributed by atoms with van der Waals surface area (Å²) in [4.78, 5) is 68.2. The Hall–Kier alpha value is -5.50. The molecule has 3 aliphatic rings. The summed E-state index contributed by atoms with van der Waals surface area (Å²) in [7, 11) is 3.40. The van der Waals surface area contributed by atoms with Gasteiger partial charge in [-0.15, -0.1) is 0 Å². The van der Waals surface area contributed by atoms with Crippen molar-refractivity contribution in [2.45, 2.75) is 77.5 Å². The number of aromatic nitrogens is 4. The van der Waals surface area contributed by atoms with E-state index >= 15 is 0 Å². The van der Waals surface area contributed by atoms with Crippen LogP contribution in [0, 0.1) is 11.8 Å². The maximum atomic E-state index is 13.9. The lowest BCUT2D eigenvalue weighted by Crippen LogP contribution is -2.53. The molecule has 14 nitrogen and oxygen atoms in total. The van der Waals surface area contributed by atoms with Crippen molar-refractivity contribution in [3.63, 3.8) is 0 Å². The zero-order chi connectivity index (χ0) is 39.3. The fourth-order valence-electron chi connectivity index (χ4n) is 7.96. The summed E-state index contributed by atoms with van der Waals surface area (Å²) >= 11 is 0. The molecule has 2 aromatic heterocycles. The molecule has 4 aromatic rings. The standard InChI is InChI=1S/C42H54N10O4/c1-26(2)36(46-25-56-55-6)40(53)51-20-7-9-34(51)38-44-23-32(47-38)30-15-11-28(12-16-30)29-13-17-31(18-14-29)33-24-45-39(48-33)35-10-8-21-52(35)41(54)37(27(3)4)49-42-43-19-22-50(42)5/h11-18,23-27,34-37H,7-10,19-22H2,1-6H3,(H,43,49)(H,44,47)(H,45,48)/t34-,35-,36-,37+/m0/s1. The van der Waals surface area contributed by atoms with Gasteiger partial charge in [-0.1, -0.05) is 76.2 Å². The van der Waals surface area contributed by atoms with Crippen molar-refractivity contribution in [1.29, 1.82) is 0 Å². The first-order chi connectivity index (χ1) is 27.1. The van der Waals surface area contributed by atoms with E-state index in [9.17, 15) is 9.59 Å². The van der Waals surface area contributed by atoms with Gasteiger partial charge in [-0.3, -0.25) is 14.6 Å². The van der Waals surface area contributed by atoms with Crippen LogP contribution in [-0.4, -0.2) is 111 Å². The number of carbonyl (C=O) groups excluding carboxylic acids is 2. The number of carbonyl (C=O) groups is 2. The minimum absolute atomic E-state index is 0.00145. The lowest BCUT2D eigenvalue weighted by atomic mass is 10.0. The van der Waals surface area contributed by atoms with Gasteiger partial charge in [-0.05, 0) is 59.8 Å². The largest absolute Gasteiger partial charge is 0.344 e. The van der Waals surface area contributed by atoms with Crippen LogP contribution in [0.5, 0.6) is 0 Å². The van der Waals surface area contributed by atoms with Crippen molar-refractivity contribution < 1.29 is 19.4 Å². The summed E-state index contributed by atoms with van der Waals surface area (Å²) < 4.78 is 0. The molecular formula is C42H54N10O4. The van der Waals surface area contributed by atoms with Crippen molar-refractivity contribution in [3.05, 3.63) is 72.6 Å². The average Bonchev–Trinajstić information content (AvgIpc) is 4.05. The second kappa shape index (κ2) is 17.1. The average molecular weight is 763 g/mol. The van der Waals surface area contributed by atoms with Gasteiger partial charge in [0.05, 0.1) is 49.5 Å². The van der Waals surface area contributed by atoms with Gasteiger partial charge in [-0.25, -0.2) is 15.0 Å². The first-order valence-electron chi connectivity index (χ1n) is 19.8. The quantitative estimate of drug-likeness (QED) is 0.0648. The Kier molecular flexibility index (Phi) is 11.8. The van der Waals surface area contributed by atoms with Gasteiger partial charge < -0.3 is 34.9 Å². The van der Waals surface area contributed by atoms with Gasteiger partial charge in [0.25, 0.3) is 0 Å². The molecule has 14 heteroatoms. The highest BCUT2D eigenvalue weighted by molar-refractivity contribution is 5.90. The molecule has 2 amide bonds. The molecule has 7 rings (SSSR count). The summed E-state index contributed by atoms with van der Waals surface area (Å²) in [6.45, 7) is 11.1. The summed E-state index contributed by atoms with van der Waals surface area (Å²) in [6, 6.07) is 15.7. The molecule has 0 bridgehead atoms. The maximum Gasteiger partial charge on any atom is 0.248 e. The third-order valence-corrected chi connectivity index (χ3v) is 11.1. The summed E-state index contributed by atoms with van der Waals surface area (Å²) in [5.41, 5.74) is 6.06. The van der Waals surface area contributed by atoms with Gasteiger partial charge in [0, 0.05) is 26.7 Å². The van der Waals surface area contributed by atoms with E-state index in [0.29, 0.717) is 13.1 Å². The van der Waals surface area contributed by atoms with Crippen molar-refractivity contribution in [2.75, 3.05) is 40.3 Å². The Bertz CT molecular complexity index is 2020. The lowest BCUT2D eigenvalue weighted by Gasteiger charge is -2.31. The smallest absolute Gasteiger partial charge is 0.248 e. The Morgan fingerprint density at radius 2 is 1.30 bits per heavy atom. The van der Waals surface area contributed by atoms with Gasteiger partial charge in [0.15, 0.2) is 5.96 Å². The summed E-state index contributed by atoms with van der Waals surface area (Å²) in [5, 5.41) is 3.43. The van der Waals surface area contributed by atoms with Crippen LogP contribution in [-0.2, 0) is 19.4 Å². The van der Waals surface area contributed by atoms with E-state index in [4.69, 9.17) is 14.9 Å². The second-order valence-electron chi connectivity index (χ2n) is 15.6. The predicted octanol–water partition coefficient (Wildman–Crippen LogP) is 6.01. The van der Waals surface area contributed by atoms with Crippen molar-refractivity contribution >= 4 is 24.2 Å². The van der Waals surface area contributed by atoms with Crippen LogP contribution >= 0.6 is 0 Å². The molecule has 2 aromatic carbocycles. The van der Waals surface area contributed by atoms with E-state index in [1.165, 1.54) is 13.5 Å². The fraction of sp³-hybridized carbons (Fsp3) is 0.476. The minimum atomic E-state index is -0.565. The molecule has 0 unspecified atom stereocenters. The summed E-state index contributed by atoms with van der Waals surface area (Å²) in [5.74, 6) is 2.55. The number of nitrogens with one attached hydrogen (secondary N) is 3. The molecule has 2 fully saturated rings. The SMILES string of the molecule is COOC=N[C@H](C(=O)N1CCC[C@H]1c1ncc(-c2ccc(-c3ccc(-c4cnc([C@@H]5CCCN5C(=O)[C@H](NC5=NCCN5C)C(C)C)[nH]4)cc3)cc2)[nH]1)C(C)C. The van der Waals surface area contributed by atoms with Crippen LogP contribution in [0.15, 0.2) is 70.9 Å². The molecule has 0 radical (unpaired) electrons. The normalized spacial score (nSPS) is 19.7. The van der Waals surface area contributed by atoms with Crippen molar-refractivity contribution in [1.82, 2.24) is 40.0 Å². The summed E-state index contributed by atoms with van der Waals surface area (Å²) in [6.07, 6.45) is 8.45. The number of hydrogen-bond donors (Lipinski definition) is 3. The monoisotopic (exact) mass is 762 g/mol. The Balaban J connectivity index is 0.993. The molecule has 56 heavy (non-hydrogen) atoms. The van der Waals surface area contributed by atoms with E-state index in [2.05, 4.69) is 97.4 Å². The van der Waals surface area contributed by atoms with Crippen LogP contribution in [0.2, 0.25) is 0 Å². The zero-order valence-electron chi connectivity index (χ0n) is 33.2. The molecular weight excluding hydrogens is 709 g/mol. The molecule has 2 saturated heterocycles. The molecule has 3 N–H and O–H groups in total. The van der Waals surface area contributed by atoms with E-state index < -0.39 is 6.04 Å². The fourth-order valence-corrected chi connectivity index (χ4v) is 7.96. The van der Waals surface area contributed by atoms with Crippen LogP contribution in [0.1, 0.15) is 77.1 Å². The molecule has 0 spiro atoms. The van der Waals surface area contributed by atoms with E-state index in [-0.39, 0.29) is 41.8 Å². The number of benzene rings is 2. The lowest BCUT2D eigenvalue weighted by molar-refractivity contribution is -0.188. The van der Waals surface area contributed by atoms with E-state index in [1.54, 1.807) is 0 Å². The van der Waals surface area contributed by atoms with Gasteiger partial charge >= 0.3 is 0 Å². The first-order valence-corrected chi connectivity index (χ1v) is 19.8. The van der Waals surface area contributed by atoms with Gasteiger partial charge in [0.1, 0.15) is 23.7 Å². The molecule has 5 heterocycles. The third-order valence-electron chi connectivity index (χ3n) is 11.1. The number of H-pyrrole nitrogens is 2. The van der Waals surface area contributed by atoms with Gasteiger partial charge in [-0.2, -0.15) is 4.89 Å². The van der Waals surface area contributed by atoms with E-state index in [0.717, 1.165) is 90.0 Å². The van der Waals surface area contributed by atoms with E-state index in [1.807, 2.05) is 43.1 Å². The number of likely N-dealkylation sites (N-methyl/N-ethyl adjacent to an activating group) is 1. The maximum absolute atomic E-state index is 13.9. The molecule has 0 aliphatic carbocycles. The Morgan fingerprint density at radius 3 is 1.77 bits per heavy atom. The van der Waals surface area contributed by atoms with Gasteiger partial charge in [0.2, 0.25) is 18.2 Å². The molecule has 4 atom stereocenters. The highest BCUT2D eigenvalue weighted by Gasteiger charge is 2.38. The minimum Gasteiger partial charge on any atom is -0.344 e. The number of aromatic amines is 2. The predicted molar refractivity (Wildman–Crippen MR) is 216 cm³/mol. The second-order valence-corrected chi connectivity index (χ2v) is 15.6. The molecule has 3 aliphatic heterocycles. The molecule has 0 saturated carbocycles. The van der Waals surface area contributed by atoms with Crippen LogP contribution in [0.3, 0.4) is 0 Å². The highest BCUT2D eigenvalue weighted by Crippen LogP contribution is 2.35. The number of aliphatic imine (C=N–C) groups is 2. The van der Waals surface area contributed by atoms with Crippen LogP contribution in [0.4, 0.5) is 0 Å².